The standard InChI is InChI=1S/C10H18N2O3/c1-2-4-8(13)7(5-3-6-11)9(12)10(14)15/h2,4,7,9H,3,5-6,11-12H2,1H3,(H,14,15)/t7?,9-/m0/s1. The van der Waals surface area contributed by atoms with Crippen molar-refractivity contribution in [1.29, 1.82) is 0 Å². The smallest absolute Gasteiger partial charge is 0.321 e. The van der Waals surface area contributed by atoms with Crippen molar-refractivity contribution in [1.82, 2.24) is 0 Å². The van der Waals surface area contributed by atoms with Crippen LogP contribution in [0.15, 0.2) is 12.2 Å². The first kappa shape index (κ1) is 13.8. The highest BCUT2D eigenvalue weighted by Crippen LogP contribution is 2.12. The molecule has 0 fully saturated rings. The Morgan fingerprint density at radius 3 is 2.47 bits per heavy atom. The van der Waals surface area contributed by atoms with Gasteiger partial charge in [0.15, 0.2) is 5.78 Å². The van der Waals surface area contributed by atoms with E-state index in [0.29, 0.717) is 19.4 Å². The Morgan fingerprint density at radius 2 is 2.07 bits per heavy atom. The molecule has 5 nitrogen and oxygen atoms in total. The van der Waals surface area contributed by atoms with Crippen LogP contribution < -0.4 is 11.5 Å². The Labute approximate surface area is 89.1 Å². The average molecular weight is 214 g/mol. The minimum absolute atomic E-state index is 0.249. The fourth-order valence-electron chi connectivity index (χ4n) is 1.30. The third-order valence-electron chi connectivity index (χ3n) is 2.13. The molecular formula is C10H18N2O3. The Hall–Kier alpha value is -1.20. The topological polar surface area (TPSA) is 106 Å². The number of hydrogen-bond acceptors (Lipinski definition) is 4. The number of carboxylic acid groups (broad SMARTS) is 1. The van der Waals surface area contributed by atoms with E-state index in [1.807, 2.05) is 0 Å². The summed E-state index contributed by atoms with van der Waals surface area (Å²) in [6, 6.07) is -1.15. The number of aliphatic carboxylic acids is 1. The largest absolute Gasteiger partial charge is 0.480 e. The molecular weight excluding hydrogens is 196 g/mol. The Morgan fingerprint density at radius 1 is 1.47 bits per heavy atom. The second-order valence-electron chi connectivity index (χ2n) is 3.30. The summed E-state index contributed by atoms with van der Waals surface area (Å²) in [4.78, 5) is 22.2. The first-order valence-corrected chi connectivity index (χ1v) is 4.89. The molecule has 0 aliphatic heterocycles. The van der Waals surface area contributed by atoms with Crippen LogP contribution in [0.4, 0.5) is 0 Å². The molecule has 0 aromatic rings. The molecule has 0 saturated heterocycles. The van der Waals surface area contributed by atoms with E-state index < -0.39 is 17.9 Å². The summed E-state index contributed by atoms with van der Waals surface area (Å²) in [5, 5.41) is 8.74. The summed E-state index contributed by atoms with van der Waals surface area (Å²) in [6.07, 6.45) is 3.93. The van der Waals surface area contributed by atoms with Gasteiger partial charge in [-0.3, -0.25) is 9.59 Å². The maximum Gasteiger partial charge on any atom is 0.321 e. The van der Waals surface area contributed by atoms with E-state index in [2.05, 4.69) is 0 Å². The minimum atomic E-state index is -1.16. The highest BCUT2D eigenvalue weighted by molar-refractivity contribution is 5.95. The van der Waals surface area contributed by atoms with Crippen molar-refractivity contribution in [2.75, 3.05) is 6.54 Å². The van der Waals surface area contributed by atoms with Crippen LogP contribution in [0.1, 0.15) is 19.8 Å². The van der Waals surface area contributed by atoms with Crippen LogP contribution in [0.25, 0.3) is 0 Å². The lowest BCUT2D eigenvalue weighted by molar-refractivity contribution is -0.142. The molecule has 5 N–H and O–H groups in total. The highest BCUT2D eigenvalue weighted by atomic mass is 16.4. The van der Waals surface area contributed by atoms with E-state index in [4.69, 9.17) is 16.6 Å². The number of carboxylic acids is 1. The van der Waals surface area contributed by atoms with Gasteiger partial charge >= 0.3 is 5.97 Å². The molecule has 2 atom stereocenters. The molecule has 0 rings (SSSR count). The molecule has 86 valence electrons. The number of hydrogen-bond donors (Lipinski definition) is 3. The third kappa shape index (κ3) is 4.71. The molecule has 0 aromatic heterocycles. The molecule has 0 aliphatic carbocycles. The fourth-order valence-corrected chi connectivity index (χ4v) is 1.30. The molecule has 1 unspecified atom stereocenters. The molecule has 0 spiro atoms. The average Bonchev–Trinajstić information content (AvgIpc) is 2.18. The first-order valence-electron chi connectivity index (χ1n) is 4.89. The molecule has 0 amide bonds. The Kier molecular flexibility index (Phi) is 6.57. The van der Waals surface area contributed by atoms with Crippen molar-refractivity contribution in [2.24, 2.45) is 17.4 Å². The lowest BCUT2D eigenvalue weighted by Gasteiger charge is -2.17. The van der Waals surface area contributed by atoms with Gasteiger partial charge in [0, 0.05) is 5.92 Å². The van der Waals surface area contributed by atoms with Gasteiger partial charge in [-0.1, -0.05) is 6.08 Å². The molecule has 15 heavy (non-hydrogen) atoms. The van der Waals surface area contributed by atoms with Crippen LogP contribution in [0.5, 0.6) is 0 Å². The molecule has 0 heterocycles. The number of carbonyl (C=O) groups is 2. The maximum absolute atomic E-state index is 11.5. The van der Waals surface area contributed by atoms with E-state index in [0.717, 1.165) is 0 Å². The summed E-state index contributed by atoms with van der Waals surface area (Å²) in [5.74, 6) is -2.09. The SMILES string of the molecule is CC=CC(=O)C(CCCN)[C@H](N)C(=O)O. The molecule has 0 radical (unpaired) electrons. The molecule has 5 heteroatoms. The second-order valence-corrected chi connectivity index (χ2v) is 3.30. The van der Waals surface area contributed by atoms with Gasteiger partial charge in [0.2, 0.25) is 0 Å². The zero-order valence-corrected chi connectivity index (χ0v) is 8.85. The summed E-state index contributed by atoms with van der Waals surface area (Å²) in [6.45, 7) is 2.12. The van der Waals surface area contributed by atoms with Crippen molar-refractivity contribution in [3.8, 4) is 0 Å². The van der Waals surface area contributed by atoms with Gasteiger partial charge in [-0.15, -0.1) is 0 Å². The zero-order valence-electron chi connectivity index (χ0n) is 8.85. The van der Waals surface area contributed by atoms with Crippen LogP contribution in [-0.4, -0.2) is 29.4 Å². The third-order valence-corrected chi connectivity index (χ3v) is 2.13. The van der Waals surface area contributed by atoms with E-state index in [1.54, 1.807) is 13.0 Å². The van der Waals surface area contributed by atoms with Gasteiger partial charge in [-0.05, 0) is 32.4 Å². The van der Waals surface area contributed by atoms with E-state index in [9.17, 15) is 9.59 Å². The van der Waals surface area contributed by atoms with Crippen molar-refractivity contribution in [2.45, 2.75) is 25.8 Å². The Bertz CT molecular complexity index is 251. The van der Waals surface area contributed by atoms with Crippen molar-refractivity contribution >= 4 is 11.8 Å². The molecule has 0 aliphatic rings. The quantitative estimate of drug-likeness (QED) is 0.513. The summed E-state index contributed by atoms with van der Waals surface area (Å²) in [5.41, 5.74) is 10.7. The molecule has 0 aromatic carbocycles. The normalized spacial score (nSPS) is 15.1. The van der Waals surface area contributed by atoms with Gasteiger partial charge in [-0.2, -0.15) is 0 Å². The van der Waals surface area contributed by atoms with Gasteiger partial charge in [0.1, 0.15) is 6.04 Å². The van der Waals surface area contributed by atoms with Gasteiger partial charge in [0.05, 0.1) is 0 Å². The number of rotatable bonds is 7. The predicted molar refractivity (Wildman–Crippen MR) is 57.2 cm³/mol. The highest BCUT2D eigenvalue weighted by Gasteiger charge is 2.28. The molecule has 0 bridgehead atoms. The summed E-state index contributed by atoms with van der Waals surface area (Å²) in [7, 11) is 0. The number of carbonyl (C=O) groups excluding carboxylic acids is 1. The van der Waals surface area contributed by atoms with Crippen LogP contribution in [-0.2, 0) is 9.59 Å². The fraction of sp³-hybridized carbons (Fsp3) is 0.600. The number of ketones is 1. The monoisotopic (exact) mass is 214 g/mol. The number of nitrogens with two attached hydrogens (primary N) is 2. The van der Waals surface area contributed by atoms with E-state index >= 15 is 0 Å². The number of allylic oxidation sites excluding steroid dienone is 2. The van der Waals surface area contributed by atoms with Crippen LogP contribution >= 0.6 is 0 Å². The van der Waals surface area contributed by atoms with Gasteiger partial charge in [0.25, 0.3) is 0 Å². The summed E-state index contributed by atoms with van der Waals surface area (Å²) < 4.78 is 0. The summed E-state index contributed by atoms with van der Waals surface area (Å²) >= 11 is 0. The lowest BCUT2D eigenvalue weighted by atomic mass is 9.90. The van der Waals surface area contributed by atoms with Crippen molar-refractivity contribution < 1.29 is 14.7 Å². The minimum Gasteiger partial charge on any atom is -0.480 e. The van der Waals surface area contributed by atoms with Crippen LogP contribution in [0.3, 0.4) is 0 Å². The first-order chi connectivity index (χ1) is 7.04. The van der Waals surface area contributed by atoms with Crippen molar-refractivity contribution in [3.05, 3.63) is 12.2 Å². The zero-order chi connectivity index (χ0) is 11.8. The maximum atomic E-state index is 11.5. The molecule has 0 saturated carbocycles. The van der Waals surface area contributed by atoms with Crippen molar-refractivity contribution in [3.63, 3.8) is 0 Å². The predicted octanol–water partition coefficient (Wildman–Crippen LogP) is -0.101. The second kappa shape index (κ2) is 7.14. The lowest BCUT2D eigenvalue weighted by Crippen LogP contribution is -2.41. The Balaban J connectivity index is 4.56. The van der Waals surface area contributed by atoms with E-state index in [-0.39, 0.29) is 5.78 Å². The van der Waals surface area contributed by atoms with Crippen LogP contribution in [0, 0.1) is 5.92 Å². The van der Waals surface area contributed by atoms with Crippen LogP contribution in [0.2, 0.25) is 0 Å². The van der Waals surface area contributed by atoms with E-state index in [1.165, 1.54) is 6.08 Å². The van der Waals surface area contributed by atoms with Gasteiger partial charge < -0.3 is 16.6 Å². The van der Waals surface area contributed by atoms with Gasteiger partial charge in [-0.25, -0.2) is 0 Å².